The van der Waals surface area contributed by atoms with Crippen molar-refractivity contribution in [3.63, 3.8) is 0 Å². The zero-order chi connectivity index (χ0) is 32.6. The van der Waals surface area contributed by atoms with Gasteiger partial charge in [-0.05, 0) is 37.0 Å². The fourth-order valence-corrected chi connectivity index (χ4v) is 14.7. The van der Waals surface area contributed by atoms with Crippen LogP contribution in [0.2, 0.25) is 0 Å². The summed E-state index contributed by atoms with van der Waals surface area (Å²) in [5.74, 6) is -3.69. The van der Waals surface area contributed by atoms with Crippen LogP contribution in [-0.2, 0) is 23.6 Å². The second kappa shape index (κ2) is 12.7. The predicted octanol–water partition coefficient (Wildman–Crippen LogP) is 7.13. The Morgan fingerprint density at radius 3 is 1.54 bits per heavy atom. The molecule has 0 heterocycles. The van der Waals surface area contributed by atoms with Gasteiger partial charge in [-0.1, -0.05) is 0 Å². The van der Waals surface area contributed by atoms with Crippen LogP contribution in [0.3, 0.4) is 0 Å². The number of alkyl halides is 4. The Bertz CT molecular complexity index is 1490. The predicted molar refractivity (Wildman–Crippen MR) is 172 cm³/mol. The third-order valence-corrected chi connectivity index (χ3v) is 16.3. The minimum Gasteiger partial charge on any atom is -0.0475 e. The monoisotopic (exact) mass is 678 g/mol. The Kier molecular flexibility index (Phi) is 9.11. The molecule has 0 radical (unpaired) electrons. The van der Waals surface area contributed by atoms with Gasteiger partial charge in [0.15, 0.2) is 0 Å². The van der Waals surface area contributed by atoms with Gasteiger partial charge >= 0.3 is 232 Å². The molecule has 11 heteroatoms. The molecule has 0 aromatic heterocycles. The molecule has 0 atom stereocenters. The molecule has 0 aliphatic heterocycles. The summed E-state index contributed by atoms with van der Waals surface area (Å²) in [6, 6.07) is 24.1. The molecule has 4 aliphatic rings. The zero-order valence-corrected chi connectivity index (χ0v) is 27.2. The van der Waals surface area contributed by atoms with Crippen molar-refractivity contribution in [1.29, 1.82) is 0 Å². The second-order valence-corrected chi connectivity index (χ2v) is 18.5. The fraction of sp³-hybridized carbons (Fsp3) is 0.457. The van der Waals surface area contributed by atoms with Gasteiger partial charge in [0.2, 0.25) is 0 Å². The third kappa shape index (κ3) is 6.01. The van der Waals surface area contributed by atoms with Crippen molar-refractivity contribution in [3.05, 3.63) is 91.0 Å². The molecule has 0 unspecified atom stereocenters. The van der Waals surface area contributed by atoms with Gasteiger partial charge in [0, 0.05) is 0 Å². The van der Waals surface area contributed by atoms with E-state index in [0.717, 1.165) is 38.5 Å². The first-order valence-corrected chi connectivity index (χ1v) is 19.2. The summed E-state index contributed by atoms with van der Waals surface area (Å²) in [4.78, 5) is 13.0. The number of esters is 1. The van der Waals surface area contributed by atoms with E-state index in [9.17, 15) is 13.2 Å². The van der Waals surface area contributed by atoms with Gasteiger partial charge in [-0.3, -0.25) is 0 Å². The van der Waals surface area contributed by atoms with Crippen molar-refractivity contribution in [2.24, 2.45) is 23.2 Å². The molecule has 4 fully saturated rings. The summed E-state index contributed by atoms with van der Waals surface area (Å²) < 4.78 is 99.6. The van der Waals surface area contributed by atoms with E-state index in [1.165, 1.54) is 0 Å². The maximum atomic E-state index is 15.6. The summed E-state index contributed by atoms with van der Waals surface area (Å²) in [5.41, 5.74) is -0.510. The summed E-state index contributed by atoms with van der Waals surface area (Å²) in [6.07, 6.45) is 3.83. The molecule has 248 valence electrons. The van der Waals surface area contributed by atoms with Crippen LogP contribution >= 0.6 is 7.49 Å². The quantitative estimate of drug-likeness (QED) is 0.0833. The topological polar surface area (TPSA) is 69.7 Å². The van der Waals surface area contributed by atoms with Crippen molar-refractivity contribution in [2.45, 2.75) is 69.0 Å². The van der Waals surface area contributed by atoms with Crippen molar-refractivity contribution in [3.8, 4) is 0 Å². The molecule has 0 amide bonds. The van der Waals surface area contributed by atoms with Crippen LogP contribution in [0.25, 0.3) is 0 Å². The fourth-order valence-electron chi connectivity index (χ4n) is 8.34. The van der Waals surface area contributed by atoms with E-state index >= 15 is 17.6 Å². The minimum atomic E-state index is -6.21. The summed E-state index contributed by atoms with van der Waals surface area (Å²) >= 11 is 0. The minimum absolute atomic E-state index is 0.0958. The van der Waals surface area contributed by atoms with E-state index in [0.29, 0.717) is 33.7 Å². The zero-order valence-electron chi connectivity index (χ0n) is 25.4. The molecule has 3 aromatic rings. The van der Waals surface area contributed by atoms with Crippen molar-refractivity contribution in [1.82, 2.24) is 0 Å². The average molecular weight is 679 g/mol. The van der Waals surface area contributed by atoms with Gasteiger partial charge in [-0.2, -0.15) is 0 Å². The van der Waals surface area contributed by atoms with Crippen molar-refractivity contribution >= 4 is 39.5 Å². The van der Waals surface area contributed by atoms with Gasteiger partial charge in [-0.25, -0.2) is 0 Å². The van der Waals surface area contributed by atoms with E-state index in [1.807, 2.05) is 0 Å². The first-order chi connectivity index (χ1) is 21.9. The van der Waals surface area contributed by atoms with Crippen LogP contribution in [0.4, 0.5) is 17.6 Å². The number of rotatable bonds is 13. The number of unbranched alkanes of at least 4 members (excludes halogenated alkanes) is 1. The molecule has 5 nitrogen and oxygen atoms in total. The molecule has 0 spiro atoms. The molecule has 46 heavy (non-hydrogen) atoms. The summed E-state index contributed by atoms with van der Waals surface area (Å²) in [5, 5.41) is -4.63. The molecular weight excluding hydrogens is 639 g/mol. The summed E-state index contributed by atoms with van der Waals surface area (Å²) in [6.45, 7) is -0.183. The number of benzene rings is 3. The van der Waals surface area contributed by atoms with Gasteiger partial charge in [-0.15, -0.1) is 0 Å². The number of halogens is 4. The molecule has 3 aromatic carbocycles. The van der Waals surface area contributed by atoms with Gasteiger partial charge in [0.05, 0.1) is 0 Å². The Balaban J connectivity index is 1.17. The van der Waals surface area contributed by atoms with E-state index in [4.69, 9.17) is 8.71 Å². The van der Waals surface area contributed by atoms with Gasteiger partial charge in [0.1, 0.15) is 0 Å². The van der Waals surface area contributed by atoms with Gasteiger partial charge < -0.3 is 0 Å². The van der Waals surface area contributed by atoms with Crippen LogP contribution in [0.15, 0.2) is 91.0 Å². The van der Waals surface area contributed by atoms with Crippen LogP contribution in [0.1, 0.15) is 57.8 Å². The number of ether oxygens (including phenoxy) is 1. The average Bonchev–Trinajstić information content (AvgIpc) is 3.04. The number of carbonyl (C=O) groups is 1. The van der Waals surface area contributed by atoms with Crippen molar-refractivity contribution < 1.29 is 39.5 Å². The number of hydrogen-bond donors (Lipinski definition) is 0. The van der Waals surface area contributed by atoms with Gasteiger partial charge in [0.25, 0.3) is 0 Å². The standard InChI is InChI=1S/C35H39F4O5PS/c36-34(37,18-10-11-19-43-32(40)33-23-26-20-27(24-33)22-28(21-26)25-33)35(38,39)46(41,42)44-45(29-12-4-1-5-13-29,30-14-6-2-7-15-30)31-16-8-3-9-17-31/h1-9,12-17,26-28,45H,10-11,18-25H2. The van der Waals surface area contributed by atoms with Crippen LogP contribution in [0, 0.1) is 23.2 Å². The molecule has 4 saturated carbocycles. The normalized spacial score (nSPS) is 24.9. The Morgan fingerprint density at radius 2 is 1.13 bits per heavy atom. The first kappa shape index (κ1) is 33.1. The Labute approximate surface area is 268 Å². The number of hydrogen-bond acceptors (Lipinski definition) is 5. The Hall–Kier alpha value is -2.81. The Morgan fingerprint density at radius 1 is 0.717 bits per heavy atom. The maximum absolute atomic E-state index is 15.6. The number of carbonyl (C=O) groups excluding carboxylic acids is 1. The molecular formula is C35H39F4O5PS. The molecule has 0 N–H and O–H groups in total. The van der Waals surface area contributed by atoms with E-state index in [1.54, 1.807) is 91.0 Å². The first-order valence-electron chi connectivity index (χ1n) is 15.9. The van der Waals surface area contributed by atoms with Crippen molar-refractivity contribution in [2.75, 3.05) is 6.61 Å². The second-order valence-electron chi connectivity index (χ2n) is 13.3. The van der Waals surface area contributed by atoms with E-state index in [2.05, 4.69) is 0 Å². The smallest absolute Gasteiger partial charge is 0.0475 e. The van der Waals surface area contributed by atoms with Crippen LogP contribution in [-0.4, -0.2) is 32.2 Å². The summed E-state index contributed by atoms with van der Waals surface area (Å²) in [7, 11) is -10.5. The van der Waals surface area contributed by atoms with E-state index in [-0.39, 0.29) is 19.0 Å². The van der Waals surface area contributed by atoms with Crippen LogP contribution in [0.5, 0.6) is 0 Å². The third-order valence-electron chi connectivity index (χ3n) is 10.1. The molecule has 4 aliphatic carbocycles. The SMILES string of the molecule is O=C(OCCCCC(F)(F)C(F)(F)S(=O)(=O)O[PH](c1ccccc1)(c1ccccc1)c1ccccc1)C12CC3CC(CC(C3)C1)C2. The van der Waals surface area contributed by atoms with E-state index < -0.39 is 47.0 Å². The molecule has 4 bridgehead atoms. The van der Waals surface area contributed by atoms with Crippen LogP contribution < -0.4 is 15.9 Å². The molecule has 0 saturated heterocycles. The molecule has 7 rings (SSSR count).